The van der Waals surface area contributed by atoms with Crippen LogP contribution in [-0.2, 0) is 0 Å². The zero-order chi connectivity index (χ0) is 10.1. The monoisotopic (exact) mass is 192 g/mol. The van der Waals surface area contributed by atoms with Gasteiger partial charge in [-0.05, 0) is 12.1 Å². The Morgan fingerprint density at radius 2 is 2.21 bits per heavy atom. The molecule has 4 nitrogen and oxygen atoms in total. The number of nitrogens with zero attached hydrogens (tertiary/aromatic N) is 1. The van der Waals surface area contributed by atoms with Crippen LogP contribution < -0.4 is 10.5 Å². The fourth-order valence-corrected chi connectivity index (χ4v) is 1.50. The number of para-hydroxylation sites is 1. The number of nitrogens with two attached hydrogens (primary N) is 1. The van der Waals surface area contributed by atoms with Crippen molar-refractivity contribution in [3.63, 3.8) is 0 Å². The molecule has 1 unspecified atom stereocenters. The van der Waals surface area contributed by atoms with E-state index in [2.05, 4.69) is 0 Å². The minimum Gasteiger partial charge on any atom is -0.473 e. The second-order valence-corrected chi connectivity index (χ2v) is 3.34. The average molecular weight is 192 g/mol. The molecule has 0 radical (unpaired) electrons. The highest BCUT2D eigenvalue weighted by Crippen LogP contribution is 2.22. The van der Waals surface area contributed by atoms with E-state index < -0.39 is 6.23 Å². The summed E-state index contributed by atoms with van der Waals surface area (Å²) in [5, 5.41) is 0. The summed E-state index contributed by atoms with van der Waals surface area (Å²) in [5.41, 5.74) is 6.26. The van der Waals surface area contributed by atoms with Crippen molar-refractivity contribution in [2.45, 2.75) is 6.23 Å². The van der Waals surface area contributed by atoms with E-state index in [9.17, 15) is 4.79 Å². The fourth-order valence-electron chi connectivity index (χ4n) is 1.50. The highest BCUT2D eigenvalue weighted by Gasteiger charge is 2.23. The molecule has 1 aliphatic rings. The van der Waals surface area contributed by atoms with Crippen molar-refractivity contribution in [1.29, 1.82) is 0 Å². The average Bonchev–Trinajstić information content (AvgIpc) is 2.26. The standard InChI is InChI=1S/C10H12N2O2/c1-12-6-9(11)14-8-5-3-2-4-7(8)10(12)13/h2-5,9H,6,11H2,1H3. The van der Waals surface area contributed by atoms with Crippen LogP contribution in [0.25, 0.3) is 0 Å². The zero-order valence-electron chi connectivity index (χ0n) is 7.93. The number of carbonyl (C=O) groups is 1. The summed E-state index contributed by atoms with van der Waals surface area (Å²) < 4.78 is 5.41. The molecule has 1 amide bonds. The second-order valence-electron chi connectivity index (χ2n) is 3.34. The molecular weight excluding hydrogens is 180 g/mol. The predicted molar refractivity (Wildman–Crippen MR) is 52.0 cm³/mol. The van der Waals surface area contributed by atoms with Gasteiger partial charge in [0.25, 0.3) is 5.91 Å². The lowest BCUT2D eigenvalue weighted by Gasteiger charge is -2.16. The van der Waals surface area contributed by atoms with Gasteiger partial charge < -0.3 is 9.64 Å². The Morgan fingerprint density at radius 1 is 1.50 bits per heavy atom. The van der Waals surface area contributed by atoms with Crippen molar-refractivity contribution in [2.75, 3.05) is 13.6 Å². The maximum Gasteiger partial charge on any atom is 0.257 e. The summed E-state index contributed by atoms with van der Waals surface area (Å²) in [6.45, 7) is 0.410. The van der Waals surface area contributed by atoms with Crippen molar-refractivity contribution in [2.24, 2.45) is 5.73 Å². The van der Waals surface area contributed by atoms with E-state index in [0.717, 1.165) is 0 Å². The Labute approximate surface area is 82.3 Å². The zero-order valence-corrected chi connectivity index (χ0v) is 7.93. The number of carbonyl (C=O) groups excluding carboxylic acids is 1. The van der Waals surface area contributed by atoms with Gasteiger partial charge >= 0.3 is 0 Å². The summed E-state index contributed by atoms with van der Waals surface area (Å²) >= 11 is 0. The van der Waals surface area contributed by atoms with Gasteiger partial charge in [-0.25, -0.2) is 0 Å². The minimum atomic E-state index is -0.451. The summed E-state index contributed by atoms with van der Waals surface area (Å²) in [4.78, 5) is 13.3. The third kappa shape index (κ3) is 1.44. The Hall–Kier alpha value is -1.55. The molecule has 74 valence electrons. The van der Waals surface area contributed by atoms with E-state index in [1.54, 1.807) is 24.1 Å². The molecule has 0 saturated heterocycles. The van der Waals surface area contributed by atoms with Crippen LogP contribution in [0, 0.1) is 0 Å². The first-order valence-corrected chi connectivity index (χ1v) is 4.45. The molecule has 1 aromatic rings. The Balaban J connectivity index is 2.46. The van der Waals surface area contributed by atoms with E-state index in [0.29, 0.717) is 17.9 Å². The van der Waals surface area contributed by atoms with Crippen molar-refractivity contribution in [3.8, 4) is 5.75 Å². The molecule has 0 spiro atoms. The lowest BCUT2D eigenvalue weighted by Crippen LogP contribution is -2.39. The van der Waals surface area contributed by atoms with E-state index >= 15 is 0 Å². The molecule has 2 N–H and O–H groups in total. The first kappa shape index (κ1) is 9.02. The summed E-state index contributed by atoms with van der Waals surface area (Å²) in [6, 6.07) is 7.13. The molecule has 0 aliphatic carbocycles. The molecule has 0 aromatic heterocycles. The Kier molecular flexibility index (Phi) is 2.13. The molecule has 1 heterocycles. The SMILES string of the molecule is CN1CC(N)Oc2ccccc2C1=O. The van der Waals surface area contributed by atoms with Gasteiger partial charge in [-0.1, -0.05) is 12.1 Å². The van der Waals surface area contributed by atoms with Gasteiger partial charge in [-0.2, -0.15) is 0 Å². The molecule has 0 bridgehead atoms. The highest BCUT2D eigenvalue weighted by molar-refractivity contribution is 5.97. The van der Waals surface area contributed by atoms with Gasteiger partial charge in [0.05, 0.1) is 12.1 Å². The van der Waals surface area contributed by atoms with Crippen LogP contribution in [0.15, 0.2) is 24.3 Å². The van der Waals surface area contributed by atoms with Crippen LogP contribution in [0.3, 0.4) is 0 Å². The Bertz CT molecular complexity index is 365. The largest absolute Gasteiger partial charge is 0.473 e. The number of hydrogen-bond donors (Lipinski definition) is 1. The van der Waals surface area contributed by atoms with Gasteiger partial charge in [0.15, 0.2) is 6.23 Å². The molecule has 0 saturated carbocycles. The van der Waals surface area contributed by atoms with E-state index in [1.807, 2.05) is 12.1 Å². The van der Waals surface area contributed by atoms with Crippen molar-refractivity contribution < 1.29 is 9.53 Å². The van der Waals surface area contributed by atoms with Crippen LogP contribution in [0.2, 0.25) is 0 Å². The normalized spacial score (nSPS) is 21.1. The number of rotatable bonds is 0. The Morgan fingerprint density at radius 3 is 3.00 bits per heavy atom. The molecular formula is C10H12N2O2. The summed E-state index contributed by atoms with van der Waals surface area (Å²) in [7, 11) is 1.72. The molecule has 1 aromatic carbocycles. The third-order valence-corrected chi connectivity index (χ3v) is 2.20. The van der Waals surface area contributed by atoms with Crippen molar-refractivity contribution >= 4 is 5.91 Å². The van der Waals surface area contributed by atoms with Crippen LogP contribution >= 0.6 is 0 Å². The first-order chi connectivity index (χ1) is 6.68. The minimum absolute atomic E-state index is 0.0476. The van der Waals surface area contributed by atoms with Gasteiger partial charge in [0.1, 0.15) is 5.75 Å². The van der Waals surface area contributed by atoms with E-state index in [-0.39, 0.29) is 5.91 Å². The molecule has 1 aliphatic heterocycles. The van der Waals surface area contributed by atoms with Gasteiger partial charge in [-0.3, -0.25) is 10.5 Å². The molecule has 14 heavy (non-hydrogen) atoms. The maximum atomic E-state index is 11.8. The van der Waals surface area contributed by atoms with Crippen LogP contribution in [0.4, 0.5) is 0 Å². The number of hydrogen-bond acceptors (Lipinski definition) is 3. The number of benzene rings is 1. The molecule has 4 heteroatoms. The molecule has 2 rings (SSSR count). The quantitative estimate of drug-likeness (QED) is 0.648. The van der Waals surface area contributed by atoms with Gasteiger partial charge in [0, 0.05) is 7.05 Å². The maximum absolute atomic E-state index is 11.8. The van der Waals surface area contributed by atoms with Crippen LogP contribution in [0.1, 0.15) is 10.4 Å². The van der Waals surface area contributed by atoms with Crippen LogP contribution in [0.5, 0.6) is 5.75 Å². The van der Waals surface area contributed by atoms with Gasteiger partial charge in [-0.15, -0.1) is 0 Å². The van der Waals surface area contributed by atoms with Crippen LogP contribution in [-0.4, -0.2) is 30.6 Å². The summed E-state index contributed by atoms with van der Waals surface area (Å²) in [5.74, 6) is 0.517. The lowest BCUT2D eigenvalue weighted by atomic mass is 10.2. The fraction of sp³-hybridized carbons (Fsp3) is 0.300. The lowest BCUT2D eigenvalue weighted by molar-refractivity contribution is 0.0764. The van der Waals surface area contributed by atoms with E-state index in [1.165, 1.54) is 0 Å². The number of fused-ring (bicyclic) bond motifs is 1. The smallest absolute Gasteiger partial charge is 0.257 e. The number of likely N-dealkylation sites (N-methyl/N-ethyl adjacent to an activating group) is 1. The molecule has 0 fully saturated rings. The number of ether oxygens (including phenoxy) is 1. The third-order valence-electron chi connectivity index (χ3n) is 2.20. The van der Waals surface area contributed by atoms with Crippen molar-refractivity contribution in [1.82, 2.24) is 4.90 Å². The topological polar surface area (TPSA) is 55.6 Å². The van der Waals surface area contributed by atoms with Gasteiger partial charge in [0.2, 0.25) is 0 Å². The molecule has 1 atom stereocenters. The highest BCUT2D eigenvalue weighted by atomic mass is 16.5. The first-order valence-electron chi connectivity index (χ1n) is 4.45. The van der Waals surface area contributed by atoms with Crippen molar-refractivity contribution in [3.05, 3.63) is 29.8 Å². The summed E-state index contributed by atoms with van der Waals surface area (Å²) in [6.07, 6.45) is -0.451. The number of amides is 1. The van der Waals surface area contributed by atoms with E-state index in [4.69, 9.17) is 10.5 Å². The predicted octanol–water partition coefficient (Wildman–Crippen LogP) is 0.436. The second kappa shape index (κ2) is 3.31.